The van der Waals surface area contributed by atoms with Crippen LogP contribution < -0.4 is 10.4 Å². The highest BCUT2D eigenvalue weighted by Gasteiger charge is 1.96. The zero-order valence-corrected chi connectivity index (χ0v) is 6.55. The summed E-state index contributed by atoms with van der Waals surface area (Å²) in [5.41, 5.74) is 0.475. The predicted octanol–water partition coefficient (Wildman–Crippen LogP) is 0.341. The normalized spacial score (nSPS) is 9.64. The smallest absolute Gasteiger partial charge is 0.348 e. The van der Waals surface area contributed by atoms with Crippen LogP contribution in [0, 0.1) is 0 Å². The van der Waals surface area contributed by atoms with Gasteiger partial charge in [-0.2, -0.15) is 4.98 Å². The van der Waals surface area contributed by atoms with Gasteiger partial charge in [0.25, 0.3) is 0 Å². The number of nitrogens with one attached hydrogen (secondary N) is 1. The number of rotatable bonds is 2. The number of nitrogens with zero attached hydrogens (tertiary/aromatic N) is 1. The lowest BCUT2D eigenvalue weighted by molar-refractivity contribution is 0.394. The van der Waals surface area contributed by atoms with E-state index >= 15 is 0 Å². The summed E-state index contributed by atoms with van der Waals surface area (Å²) in [5.74, 6) is 0.366. The molecule has 0 saturated carbocycles. The van der Waals surface area contributed by atoms with E-state index in [9.17, 15) is 4.79 Å². The largest absolute Gasteiger partial charge is 0.481 e. The Kier molecular flexibility index (Phi) is 2.25. The average molecular weight is 154 g/mol. The van der Waals surface area contributed by atoms with Gasteiger partial charge in [-0.25, -0.2) is 4.79 Å². The van der Waals surface area contributed by atoms with Crippen LogP contribution in [0.4, 0.5) is 0 Å². The summed E-state index contributed by atoms with van der Waals surface area (Å²) in [6.45, 7) is 1.95. The maximum absolute atomic E-state index is 10.8. The Labute approximate surface area is 64.2 Å². The second-order valence-electron chi connectivity index (χ2n) is 2.11. The van der Waals surface area contributed by atoms with Crippen LogP contribution in [0.3, 0.4) is 0 Å². The van der Waals surface area contributed by atoms with E-state index in [0.717, 1.165) is 12.1 Å². The van der Waals surface area contributed by atoms with Crippen LogP contribution in [0.5, 0.6) is 5.88 Å². The molecule has 1 aromatic heterocycles. The molecule has 60 valence electrons. The van der Waals surface area contributed by atoms with Crippen LogP contribution in [0.2, 0.25) is 0 Å². The molecule has 0 aromatic carbocycles. The van der Waals surface area contributed by atoms with Crippen molar-refractivity contribution < 1.29 is 4.74 Å². The first-order valence-electron chi connectivity index (χ1n) is 3.40. The Bertz CT molecular complexity index is 267. The molecular formula is C7H10N2O2. The molecule has 0 radical (unpaired) electrons. The number of aryl methyl sites for hydroxylation is 1. The first-order chi connectivity index (χ1) is 5.26. The third-order valence-electron chi connectivity index (χ3n) is 1.37. The molecular weight excluding hydrogens is 144 g/mol. The molecule has 0 unspecified atom stereocenters. The van der Waals surface area contributed by atoms with E-state index in [-0.39, 0.29) is 5.69 Å². The summed E-state index contributed by atoms with van der Waals surface area (Å²) < 4.78 is 4.81. The van der Waals surface area contributed by atoms with Gasteiger partial charge in [0.2, 0.25) is 5.88 Å². The second-order valence-corrected chi connectivity index (χ2v) is 2.11. The van der Waals surface area contributed by atoms with Gasteiger partial charge in [0.15, 0.2) is 0 Å². The molecule has 0 aliphatic rings. The van der Waals surface area contributed by atoms with Gasteiger partial charge in [-0.05, 0) is 6.42 Å². The molecule has 1 N–H and O–H groups in total. The Morgan fingerprint density at radius 2 is 2.45 bits per heavy atom. The Morgan fingerprint density at radius 3 is 3.00 bits per heavy atom. The van der Waals surface area contributed by atoms with Gasteiger partial charge in [-0.1, -0.05) is 6.92 Å². The van der Waals surface area contributed by atoms with Crippen LogP contribution in [0.15, 0.2) is 10.9 Å². The number of aromatic amines is 1. The molecule has 1 heterocycles. The van der Waals surface area contributed by atoms with Crippen LogP contribution in [0.25, 0.3) is 0 Å². The van der Waals surface area contributed by atoms with E-state index in [1.54, 1.807) is 6.07 Å². The van der Waals surface area contributed by atoms with Gasteiger partial charge in [0.1, 0.15) is 0 Å². The Hall–Kier alpha value is -1.32. The minimum atomic E-state index is -0.360. The zero-order chi connectivity index (χ0) is 8.27. The third kappa shape index (κ3) is 1.80. The second kappa shape index (κ2) is 3.18. The van der Waals surface area contributed by atoms with E-state index in [1.807, 2.05) is 6.92 Å². The van der Waals surface area contributed by atoms with Crippen LogP contribution >= 0.6 is 0 Å². The number of ether oxygens (including phenoxy) is 1. The van der Waals surface area contributed by atoms with Crippen molar-refractivity contribution in [3.63, 3.8) is 0 Å². The average Bonchev–Trinajstić information content (AvgIpc) is 2.03. The molecule has 0 amide bonds. The monoisotopic (exact) mass is 154 g/mol. The van der Waals surface area contributed by atoms with Gasteiger partial charge < -0.3 is 9.72 Å². The topological polar surface area (TPSA) is 55.0 Å². The van der Waals surface area contributed by atoms with Crippen LogP contribution in [0.1, 0.15) is 12.6 Å². The molecule has 0 atom stereocenters. The van der Waals surface area contributed by atoms with Crippen LogP contribution in [-0.2, 0) is 6.42 Å². The van der Waals surface area contributed by atoms with Crippen molar-refractivity contribution in [3.8, 4) is 5.88 Å². The summed E-state index contributed by atoms with van der Waals surface area (Å²) in [6, 6.07) is 1.71. The highest BCUT2D eigenvalue weighted by Crippen LogP contribution is 2.02. The summed E-state index contributed by atoms with van der Waals surface area (Å²) in [7, 11) is 1.49. The molecule has 0 spiro atoms. The number of hydrogen-bond donors (Lipinski definition) is 1. The van der Waals surface area contributed by atoms with Crippen molar-refractivity contribution in [1.82, 2.24) is 9.97 Å². The lowest BCUT2D eigenvalue weighted by atomic mass is 10.3. The number of aromatic nitrogens is 2. The van der Waals surface area contributed by atoms with Gasteiger partial charge in [-0.15, -0.1) is 0 Å². The molecule has 4 heteroatoms. The zero-order valence-electron chi connectivity index (χ0n) is 6.55. The molecule has 11 heavy (non-hydrogen) atoms. The quantitative estimate of drug-likeness (QED) is 0.668. The van der Waals surface area contributed by atoms with E-state index in [0.29, 0.717) is 5.88 Å². The Morgan fingerprint density at radius 1 is 1.73 bits per heavy atom. The van der Waals surface area contributed by atoms with Crippen molar-refractivity contribution in [3.05, 3.63) is 22.2 Å². The van der Waals surface area contributed by atoms with Crippen molar-refractivity contribution in [1.29, 1.82) is 0 Å². The maximum atomic E-state index is 10.8. The maximum Gasteiger partial charge on any atom is 0.348 e. The van der Waals surface area contributed by atoms with Crippen molar-refractivity contribution in [2.75, 3.05) is 7.11 Å². The highest BCUT2D eigenvalue weighted by molar-refractivity contribution is 5.12. The molecule has 0 fully saturated rings. The molecule has 0 bridgehead atoms. The molecule has 0 aliphatic carbocycles. The molecule has 0 aliphatic heterocycles. The van der Waals surface area contributed by atoms with E-state index < -0.39 is 0 Å². The molecule has 1 aromatic rings. The van der Waals surface area contributed by atoms with E-state index in [4.69, 9.17) is 4.74 Å². The summed E-state index contributed by atoms with van der Waals surface area (Å²) in [4.78, 5) is 16.9. The molecule has 0 saturated heterocycles. The highest BCUT2D eigenvalue weighted by atomic mass is 16.5. The van der Waals surface area contributed by atoms with Crippen LogP contribution in [-0.4, -0.2) is 17.1 Å². The number of methoxy groups -OCH3 is 1. The first-order valence-corrected chi connectivity index (χ1v) is 3.40. The fourth-order valence-electron chi connectivity index (χ4n) is 0.778. The SMILES string of the molecule is CCc1cc(OC)nc(=O)[nH]1. The first kappa shape index (κ1) is 7.78. The van der Waals surface area contributed by atoms with E-state index in [1.165, 1.54) is 7.11 Å². The summed E-state index contributed by atoms with van der Waals surface area (Å²) in [6.07, 6.45) is 0.772. The number of hydrogen-bond acceptors (Lipinski definition) is 3. The van der Waals surface area contributed by atoms with E-state index in [2.05, 4.69) is 9.97 Å². The van der Waals surface area contributed by atoms with Crippen molar-refractivity contribution in [2.45, 2.75) is 13.3 Å². The fourth-order valence-corrected chi connectivity index (χ4v) is 0.778. The fraction of sp³-hybridized carbons (Fsp3) is 0.429. The Balaban J connectivity index is 3.12. The van der Waals surface area contributed by atoms with Crippen molar-refractivity contribution >= 4 is 0 Å². The third-order valence-corrected chi connectivity index (χ3v) is 1.37. The molecule has 1 rings (SSSR count). The van der Waals surface area contributed by atoms with Gasteiger partial charge in [-0.3, -0.25) is 0 Å². The minimum absolute atomic E-state index is 0.360. The minimum Gasteiger partial charge on any atom is -0.481 e. The lowest BCUT2D eigenvalue weighted by Crippen LogP contribution is -2.13. The van der Waals surface area contributed by atoms with Gasteiger partial charge in [0, 0.05) is 11.8 Å². The molecule has 4 nitrogen and oxygen atoms in total. The summed E-state index contributed by atoms with van der Waals surface area (Å²) in [5, 5.41) is 0. The van der Waals surface area contributed by atoms with Gasteiger partial charge >= 0.3 is 5.69 Å². The van der Waals surface area contributed by atoms with Crippen molar-refractivity contribution in [2.24, 2.45) is 0 Å². The lowest BCUT2D eigenvalue weighted by Gasteiger charge is -1.98. The number of H-pyrrole nitrogens is 1. The summed E-state index contributed by atoms with van der Waals surface area (Å²) >= 11 is 0. The van der Waals surface area contributed by atoms with Gasteiger partial charge in [0.05, 0.1) is 7.11 Å². The predicted molar refractivity (Wildman–Crippen MR) is 40.8 cm³/mol. The standard InChI is InChI=1S/C7H10N2O2/c1-3-5-4-6(11-2)9-7(10)8-5/h4H,3H2,1-2H3,(H,8,9,10).